The number of nitrogens with zero attached hydrogens (tertiary/aromatic N) is 4. The fourth-order valence-corrected chi connectivity index (χ4v) is 5.26. The number of anilines is 2. The molecule has 1 fully saturated rings. The largest absolute Gasteiger partial charge is 0.301 e. The molecule has 1 aliphatic rings. The number of aromatic nitrogens is 4. The van der Waals surface area contributed by atoms with Crippen LogP contribution in [-0.4, -0.2) is 32.2 Å². The normalized spacial score (nSPS) is 17.5. The molecule has 0 aliphatic heterocycles. The highest BCUT2D eigenvalue weighted by Crippen LogP contribution is 2.41. The van der Waals surface area contributed by atoms with Crippen LogP contribution in [0.1, 0.15) is 66.3 Å². The molecule has 2 unspecified atom stereocenters. The fourth-order valence-electron chi connectivity index (χ4n) is 3.48. The Morgan fingerprint density at radius 1 is 0.968 bits per heavy atom. The summed E-state index contributed by atoms with van der Waals surface area (Å²) in [6.07, 6.45) is 3.99. The van der Waals surface area contributed by atoms with Gasteiger partial charge in [0, 0.05) is 24.8 Å². The van der Waals surface area contributed by atoms with Crippen LogP contribution < -0.4 is 10.6 Å². The molecule has 2 heterocycles. The van der Waals surface area contributed by atoms with Gasteiger partial charge < -0.3 is 5.32 Å². The number of carbonyl (C=O) groups excluding carboxylic acids is 2. The highest BCUT2D eigenvalue weighted by Gasteiger charge is 2.29. The summed E-state index contributed by atoms with van der Waals surface area (Å²) >= 11 is 2.87. The summed E-state index contributed by atoms with van der Waals surface area (Å²) in [6.45, 7) is 5.46. The van der Waals surface area contributed by atoms with E-state index in [0.717, 1.165) is 35.7 Å². The third-order valence-electron chi connectivity index (χ3n) is 4.80. The van der Waals surface area contributed by atoms with E-state index in [1.807, 2.05) is 32.0 Å². The summed E-state index contributed by atoms with van der Waals surface area (Å²) in [7, 11) is 0. The summed E-state index contributed by atoms with van der Waals surface area (Å²) in [5.74, 6) is 0.538. The molecule has 3 aromatic rings. The van der Waals surface area contributed by atoms with Gasteiger partial charge in [-0.05, 0) is 37.3 Å². The molecule has 8 nitrogen and oxygen atoms in total. The van der Waals surface area contributed by atoms with Crippen LogP contribution in [0.3, 0.4) is 0 Å². The Hall–Kier alpha value is -2.72. The van der Waals surface area contributed by atoms with Gasteiger partial charge in [-0.15, -0.1) is 20.4 Å². The van der Waals surface area contributed by atoms with Crippen molar-refractivity contribution in [2.75, 3.05) is 10.6 Å². The van der Waals surface area contributed by atoms with Crippen molar-refractivity contribution in [2.45, 2.75) is 52.4 Å². The molecule has 0 bridgehead atoms. The maximum absolute atomic E-state index is 12.3. The summed E-state index contributed by atoms with van der Waals surface area (Å²) in [5.41, 5.74) is 0.598. The zero-order valence-corrected chi connectivity index (χ0v) is 19.4. The van der Waals surface area contributed by atoms with Crippen LogP contribution in [0, 0.1) is 5.92 Å². The maximum Gasteiger partial charge on any atom is 0.257 e. The van der Waals surface area contributed by atoms with E-state index < -0.39 is 0 Å². The lowest BCUT2D eigenvalue weighted by Crippen LogP contribution is -2.11. The van der Waals surface area contributed by atoms with Gasteiger partial charge in [-0.2, -0.15) is 0 Å². The highest BCUT2D eigenvalue weighted by molar-refractivity contribution is 7.15. The van der Waals surface area contributed by atoms with Crippen molar-refractivity contribution >= 4 is 44.8 Å². The van der Waals surface area contributed by atoms with Crippen LogP contribution in [0.15, 0.2) is 30.3 Å². The van der Waals surface area contributed by atoms with E-state index in [9.17, 15) is 9.59 Å². The Morgan fingerprint density at radius 2 is 1.68 bits per heavy atom. The van der Waals surface area contributed by atoms with E-state index >= 15 is 0 Å². The van der Waals surface area contributed by atoms with Crippen molar-refractivity contribution in [2.24, 2.45) is 5.92 Å². The molecule has 2 aromatic heterocycles. The second-order valence-corrected chi connectivity index (χ2v) is 9.10. The molecular formula is C21H26N6O2S2. The van der Waals surface area contributed by atoms with Crippen LogP contribution in [0.5, 0.6) is 0 Å². The van der Waals surface area contributed by atoms with Crippen molar-refractivity contribution in [1.82, 2.24) is 20.4 Å². The molecular weight excluding hydrogens is 432 g/mol. The monoisotopic (exact) mass is 458 g/mol. The first-order valence-electron chi connectivity index (χ1n) is 10.4. The molecule has 0 spiro atoms. The Morgan fingerprint density at radius 3 is 2.42 bits per heavy atom. The third-order valence-corrected chi connectivity index (χ3v) is 6.66. The molecule has 1 aromatic carbocycles. The number of hydrogen-bond acceptors (Lipinski definition) is 8. The van der Waals surface area contributed by atoms with Crippen LogP contribution in [0.4, 0.5) is 10.3 Å². The fraction of sp³-hybridized carbons (Fsp3) is 0.429. The number of benzene rings is 1. The quantitative estimate of drug-likeness (QED) is 0.551. The first kappa shape index (κ1) is 23.0. The Labute approximate surface area is 189 Å². The molecule has 4 rings (SSSR count). The van der Waals surface area contributed by atoms with Gasteiger partial charge in [0.1, 0.15) is 10.0 Å². The van der Waals surface area contributed by atoms with Crippen LogP contribution in [-0.2, 0) is 11.2 Å². The second kappa shape index (κ2) is 11.1. The van der Waals surface area contributed by atoms with Crippen molar-refractivity contribution in [3.63, 3.8) is 0 Å². The zero-order valence-electron chi connectivity index (χ0n) is 17.8. The van der Waals surface area contributed by atoms with Crippen LogP contribution >= 0.6 is 22.7 Å². The number of nitrogens with one attached hydrogen (secondary N) is 2. The highest BCUT2D eigenvalue weighted by atomic mass is 32.1. The molecule has 31 heavy (non-hydrogen) atoms. The molecule has 1 saturated carbocycles. The Kier molecular flexibility index (Phi) is 8.19. The second-order valence-electron chi connectivity index (χ2n) is 7.03. The van der Waals surface area contributed by atoms with Crippen LogP contribution in [0.2, 0.25) is 0 Å². The Balaban J connectivity index is 0.00000132. The van der Waals surface area contributed by atoms with Gasteiger partial charge in [-0.25, -0.2) is 0 Å². The standard InChI is InChI=1S/C19H20N6O2S2.C2H6/c1-11(26)20-18-24-22-15(28-18)10-12-7-8-14(9-12)17-23-25-19(29-17)21-16(27)13-5-3-2-4-6-13;1-2/h2-6,12,14H,7-10H2,1H3,(H,20,24,26)(H,21,25,27);1-2H3. The van der Waals surface area contributed by atoms with E-state index in [2.05, 4.69) is 31.0 Å². The van der Waals surface area contributed by atoms with E-state index in [1.54, 1.807) is 12.1 Å². The topological polar surface area (TPSA) is 110 Å². The molecule has 2 atom stereocenters. The predicted octanol–water partition coefficient (Wildman–Crippen LogP) is 4.75. The van der Waals surface area contributed by atoms with Gasteiger partial charge in [0.2, 0.25) is 16.2 Å². The SMILES string of the molecule is CC.CC(=O)Nc1nnc(CC2CCC(c3nnc(NC(=O)c4ccccc4)s3)C2)s1. The molecule has 0 radical (unpaired) electrons. The van der Waals surface area contributed by atoms with Gasteiger partial charge in [0.25, 0.3) is 5.91 Å². The van der Waals surface area contributed by atoms with Gasteiger partial charge in [0.15, 0.2) is 0 Å². The minimum Gasteiger partial charge on any atom is -0.301 e. The average molecular weight is 459 g/mol. The van der Waals surface area contributed by atoms with E-state index in [1.165, 1.54) is 29.6 Å². The third kappa shape index (κ3) is 6.38. The minimum absolute atomic E-state index is 0.139. The summed E-state index contributed by atoms with van der Waals surface area (Å²) in [4.78, 5) is 23.4. The molecule has 10 heteroatoms. The summed E-state index contributed by atoms with van der Waals surface area (Å²) in [6, 6.07) is 9.07. The number of carbonyl (C=O) groups is 2. The summed E-state index contributed by atoms with van der Waals surface area (Å²) in [5, 5.41) is 25.1. The molecule has 2 N–H and O–H groups in total. The van der Waals surface area contributed by atoms with Crippen LogP contribution in [0.25, 0.3) is 0 Å². The minimum atomic E-state index is -0.177. The number of amides is 2. The lowest BCUT2D eigenvalue weighted by atomic mass is 10.0. The molecule has 164 valence electrons. The average Bonchev–Trinajstić information content (AvgIpc) is 3.52. The molecule has 2 amide bonds. The van der Waals surface area contributed by atoms with Gasteiger partial charge in [-0.1, -0.05) is 54.7 Å². The number of hydrogen-bond donors (Lipinski definition) is 2. The first-order valence-corrected chi connectivity index (χ1v) is 12.0. The molecule has 0 saturated heterocycles. The zero-order chi connectivity index (χ0) is 22.2. The summed E-state index contributed by atoms with van der Waals surface area (Å²) < 4.78 is 0. The lowest BCUT2D eigenvalue weighted by molar-refractivity contribution is -0.114. The van der Waals surface area contributed by atoms with Gasteiger partial charge >= 0.3 is 0 Å². The first-order chi connectivity index (χ1) is 15.1. The van der Waals surface area contributed by atoms with E-state index in [4.69, 9.17) is 0 Å². The Bertz CT molecular complexity index is 1000. The van der Waals surface area contributed by atoms with Crippen molar-refractivity contribution < 1.29 is 9.59 Å². The van der Waals surface area contributed by atoms with Crippen molar-refractivity contribution in [3.05, 3.63) is 45.9 Å². The lowest BCUT2D eigenvalue weighted by Gasteiger charge is -2.06. The predicted molar refractivity (Wildman–Crippen MR) is 124 cm³/mol. The number of rotatable bonds is 6. The smallest absolute Gasteiger partial charge is 0.257 e. The van der Waals surface area contributed by atoms with Gasteiger partial charge in [-0.3, -0.25) is 14.9 Å². The van der Waals surface area contributed by atoms with Gasteiger partial charge in [0.05, 0.1) is 0 Å². The van der Waals surface area contributed by atoms with Crippen molar-refractivity contribution in [1.29, 1.82) is 0 Å². The van der Waals surface area contributed by atoms with E-state index in [-0.39, 0.29) is 11.8 Å². The van der Waals surface area contributed by atoms with Crippen molar-refractivity contribution in [3.8, 4) is 0 Å². The molecule has 1 aliphatic carbocycles. The van der Waals surface area contributed by atoms with E-state index in [0.29, 0.717) is 27.7 Å². The maximum atomic E-state index is 12.3.